The summed E-state index contributed by atoms with van der Waals surface area (Å²) in [6, 6.07) is 3.84. The maximum atomic E-state index is 12.3. The van der Waals surface area contributed by atoms with Crippen molar-refractivity contribution in [2.24, 2.45) is 0 Å². The smallest absolute Gasteiger partial charge is 0.255 e. The van der Waals surface area contributed by atoms with Gasteiger partial charge in [-0.15, -0.1) is 0 Å². The van der Waals surface area contributed by atoms with Gasteiger partial charge in [0, 0.05) is 43.7 Å². The number of halogens is 1. The molecule has 1 aliphatic heterocycles. The molecule has 0 spiro atoms. The van der Waals surface area contributed by atoms with Crippen LogP contribution in [0.25, 0.3) is 0 Å². The summed E-state index contributed by atoms with van der Waals surface area (Å²) in [6.07, 6.45) is 2.47. The number of hydrogen-bond acceptors (Lipinski definition) is 4. The fraction of sp³-hybridized carbons (Fsp3) is 0.438. The molecular weight excluding hydrogens is 300 g/mol. The van der Waals surface area contributed by atoms with Crippen LogP contribution in [0.3, 0.4) is 0 Å². The molecule has 0 aromatic carbocycles. The van der Waals surface area contributed by atoms with E-state index in [1.807, 2.05) is 26.0 Å². The van der Waals surface area contributed by atoms with Gasteiger partial charge in [0.05, 0.1) is 11.3 Å². The summed E-state index contributed by atoms with van der Waals surface area (Å²) in [4.78, 5) is 26.1. The van der Waals surface area contributed by atoms with E-state index in [0.717, 1.165) is 35.6 Å². The lowest BCUT2D eigenvalue weighted by Crippen LogP contribution is -2.36. The zero-order valence-corrected chi connectivity index (χ0v) is 13.5. The minimum absolute atomic E-state index is 0.0179. The van der Waals surface area contributed by atoms with Crippen LogP contribution in [0.4, 0.5) is 0 Å². The van der Waals surface area contributed by atoms with Crippen LogP contribution in [-0.4, -0.2) is 26.4 Å². The number of aromatic amines is 1. The number of fused-ring (bicyclic) bond motifs is 1. The van der Waals surface area contributed by atoms with Gasteiger partial charge in [-0.05, 0) is 6.07 Å². The van der Waals surface area contributed by atoms with Gasteiger partial charge in [-0.25, -0.2) is 9.97 Å². The average Bonchev–Trinajstić information content (AvgIpc) is 2.50. The third-order valence-electron chi connectivity index (χ3n) is 3.94. The second kappa shape index (κ2) is 6.18. The highest BCUT2D eigenvalue weighted by atomic mass is 35.5. The number of nitrogens with zero attached hydrogens (tertiary/aromatic N) is 3. The third-order valence-corrected chi connectivity index (χ3v) is 4.28. The molecule has 0 saturated carbocycles. The summed E-state index contributed by atoms with van der Waals surface area (Å²) < 4.78 is 0. The molecule has 2 aromatic rings. The number of H-pyrrole nitrogens is 1. The van der Waals surface area contributed by atoms with Crippen molar-refractivity contribution in [3.63, 3.8) is 0 Å². The minimum Gasteiger partial charge on any atom is -0.310 e. The first-order valence-corrected chi connectivity index (χ1v) is 7.86. The molecule has 22 heavy (non-hydrogen) atoms. The summed E-state index contributed by atoms with van der Waals surface area (Å²) in [6.45, 7) is 6.22. The molecule has 3 rings (SSSR count). The molecule has 6 heteroatoms. The van der Waals surface area contributed by atoms with Crippen LogP contribution in [0.5, 0.6) is 0 Å². The Bertz CT molecular complexity index is 741. The van der Waals surface area contributed by atoms with E-state index in [4.69, 9.17) is 11.6 Å². The quantitative estimate of drug-likeness (QED) is 0.883. The Morgan fingerprint density at radius 3 is 3.00 bits per heavy atom. The fourth-order valence-electron chi connectivity index (χ4n) is 2.69. The Morgan fingerprint density at radius 1 is 1.45 bits per heavy atom. The summed E-state index contributed by atoms with van der Waals surface area (Å²) in [5, 5.41) is 0.524. The van der Waals surface area contributed by atoms with Crippen LogP contribution in [-0.2, 0) is 19.5 Å². The number of aromatic nitrogens is 3. The first-order valence-electron chi connectivity index (χ1n) is 7.48. The molecule has 0 aliphatic carbocycles. The first kappa shape index (κ1) is 15.2. The Hall–Kier alpha value is -1.72. The van der Waals surface area contributed by atoms with Crippen LogP contribution >= 0.6 is 11.6 Å². The summed E-state index contributed by atoms with van der Waals surface area (Å²) in [7, 11) is 0. The highest BCUT2D eigenvalue weighted by molar-refractivity contribution is 6.30. The molecule has 0 atom stereocenters. The van der Waals surface area contributed by atoms with E-state index >= 15 is 0 Å². The van der Waals surface area contributed by atoms with E-state index in [0.29, 0.717) is 18.2 Å². The van der Waals surface area contributed by atoms with E-state index in [2.05, 4.69) is 19.9 Å². The lowest BCUT2D eigenvalue weighted by Gasteiger charge is -2.28. The number of rotatable bonds is 3. The van der Waals surface area contributed by atoms with Crippen molar-refractivity contribution in [3.8, 4) is 0 Å². The van der Waals surface area contributed by atoms with Crippen molar-refractivity contribution in [2.45, 2.75) is 39.3 Å². The Labute approximate surface area is 134 Å². The van der Waals surface area contributed by atoms with Crippen LogP contribution in [0.1, 0.15) is 42.4 Å². The van der Waals surface area contributed by atoms with Crippen molar-refractivity contribution in [3.05, 3.63) is 56.5 Å². The molecule has 5 nitrogen and oxygen atoms in total. The van der Waals surface area contributed by atoms with Crippen LogP contribution < -0.4 is 5.56 Å². The van der Waals surface area contributed by atoms with Gasteiger partial charge in [-0.1, -0.05) is 31.5 Å². The van der Waals surface area contributed by atoms with Crippen LogP contribution in [0, 0.1) is 0 Å². The highest BCUT2D eigenvalue weighted by Crippen LogP contribution is 2.20. The first-order chi connectivity index (χ1) is 10.5. The molecule has 0 saturated heterocycles. The Balaban J connectivity index is 1.82. The molecule has 116 valence electrons. The minimum atomic E-state index is -0.0179. The lowest BCUT2D eigenvalue weighted by molar-refractivity contribution is 0.241. The normalized spacial score (nSPS) is 15.1. The van der Waals surface area contributed by atoms with Crippen molar-refractivity contribution in [2.75, 3.05) is 6.54 Å². The average molecular weight is 319 g/mol. The van der Waals surface area contributed by atoms with Gasteiger partial charge in [0.25, 0.3) is 5.56 Å². The van der Waals surface area contributed by atoms with Crippen molar-refractivity contribution in [1.82, 2.24) is 19.9 Å². The maximum absolute atomic E-state index is 12.3. The SMILES string of the molecule is CC(C)c1nc2c(c(=O)[nH]1)CN(Cc1cccnc1Cl)CC2. The number of pyridine rings is 1. The van der Waals surface area contributed by atoms with Crippen LogP contribution in [0.15, 0.2) is 23.1 Å². The van der Waals surface area contributed by atoms with Crippen LogP contribution in [0.2, 0.25) is 5.15 Å². The molecule has 0 unspecified atom stereocenters. The van der Waals surface area contributed by atoms with E-state index in [1.54, 1.807) is 6.20 Å². The summed E-state index contributed by atoms with van der Waals surface area (Å²) in [5.41, 5.74) is 2.67. The van der Waals surface area contributed by atoms with E-state index < -0.39 is 0 Å². The predicted octanol–water partition coefficient (Wildman–Crippen LogP) is 2.50. The van der Waals surface area contributed by atoms with Gasteiger partial charge in [-0.3, -0.25) is 9.69 Å². The van der Waals surface area contributed by atoms with E-state index in [9.17, 15) is 4.79 Å². The molecule has 1 aliphatic rings. The molecular formula is C16H19ClN4O. The largest absolute Gasteiger partial charge is 0.310 e. The van der Waals surface area contributed by atoms with Gasteiger partial charge >= 0.3 is 0 Å². The number of nitrogens with one attached hydrogen (secondary N) is 1. The van der Waals surface area contributed by atoms with Gasteiger partial charge in [-0.2, -0.15) is 0 Å². The monoisotopic (exact) mass is 318 g/mol. The zero-order chi connectivity index (χ0) is 15.7. The maximum Gasteiger partial charge on any atom is 0.255 e. The molecule has 0 amide bonds. The molecule has 0 radical (unpaired) electrons. The second-order valence-electron chi connectivity index (χ2n) is 5.95. The van der Waals surface area contributed by atoms with Crippen molar-refractivity contribution < 1.29 is 0 Å². The van der Waals surface area contributed by atoms with Crippen molar-refractivity contribution >= 4 is 11.6 Å². The van der Waals surface area contributed by atoms with E-state index in [1.165, 1.54) is 0 Å². The second-order valence-corrected chi connectivity index (χ2v) is 6.30. The molecule has 0 bridgehead atoms. The summed E-state index contributed by atoms with van der Waals surface area (Å²) in [5.74, 6) is 0.998. The van der Waals surface area contributed by atoms with Gasteiger partial charge in [0.15, 0.2) is 0 Å². The summed E-state index contributed by atoms with van der Waals surface area (Å²) >= 11 is 6.11. The predicted molar refractivity (Wildman–Crippen MR) is 86.0 cm³/mol. The molecule has 3 heterocycles. The zero-order valence-electron chi connectivity index (χ0n) is 12.8. The van der Waals surface area contributed by atoms with Crippen molar-refractivity contribution in [1.29, 1.82) is 0 Å². The lowest BCUT2D eigenvalue weighted by atomic mass is 10.1. The highest BCUT2D eigenvalue weighted by Gasteiger charge is 2.22. The van der Waals surface area contributed by atoms with Gasteiger partial charge < -0.3 is 4.98 Å². The Morgan fingerprint density at radius 2 is 2.27 bits per heavy atom. The third kappa shape index (κ3) is 3.05. The van der Waals surface area contributed by atoms with E-state index in [-0.39, 0.29) is 11.5 Å². The molecule has 0 fully saturated rings. The molecule has 1 N–H and O–H groups in total. The standard InChI is InChI=1S/C16H19ClN4O/c1-10(2)15-19-13-5-7-21(9-12(13)16(22)20-15)8-11-4-3-6-18-14(11)17/h3-4,6,10H,5,7-9H2,1-2H3,(H,19,20,22). The fourth-order valence-corrected chi connectivity index (χ4v) is 2.87. The topological polar surface area (TPSA) is 61.9 Å². The van der Waals surface area contributed by atoms with Gasteiger partial charge in [0.1, 0.15) is 11.0 Å². The number of hydrogen-bond donors (Lipinski definition) is 1. The van der Waals surface area contributed by atoms with Gasteiger partial charge in [0.2, 0.25) is 0 Å². The Kier molecular flexibility index (Phi) is 4.27. The molecule has 2 aromatic heterocycles.